The van der Waals surface area contributed by atoms with Gasteiger partial charge in [0.2, 0.25) is 5.89 Å². The number of aryl methyl sites for hydroxylation is 1. The van der Waals surface area contributed by atoms with Crippen LogP contribution in [0.2, 0.25) is 0 Å². The summed E-state index contributed by atoms with van der Waals surface area (Å²) in [7, 11) is 0. The highest BCUT2D eigenvalue weighted by molar-refractivity contribution is 5.86. The van der Waals surface area contributed by atoms with Crippen LogP contribution in [0.3, 0.4) is 0 Å². The molecule has 0 fully saturated rings. The molecule has 3 aromatic rings. The van der Waals surface area contributed by atoms with E-state index in [2.05, 4.69) is 10.1 Å². The molecule has 0 aliphatic heterocycles. The summed E-state index contributed by atoms with van der Waals surface area (Å²) in [5.41, 5.74) is 2.06. The molecule has 0 aliphatic carbocycles. The Balaban J connectivity index is 1.65. The maximum absolute atomic E-state index is 10.9. The molecule has 1 aromatic carbocycles. The van der Waals surface area contributed by atoms with Crippen molar-refractivity contribution in [2.45, 2.75) is 20.3 Å². The Morgan fingerprint density at radius 1 is 1.25 bits per heavy atom. The summed E-state index contributed by atoms with van der Waals surface area (Å²) >= 11 is 0. The molecule has 0 saturated heterocycles. The second-order valence-corrected chi connectivity index (χ2v) is 5.23. The lowest BCUT2D eigenvalue weighted by atomic mass is 10.2. The van der Waals surface area contributed by atoms with E-state index in [0.29, 0.717) is 17.9 Å². The van der Waals surface area contributed by atoms with E-state index in [-0.39, 0.29) is 18.2 Å². The minimum atomic E-state index is -1.17. The summed E-state index contributed by atoms with van der Waals surface area (Å²) in [6.45, 7) is 3.72. The second-order valence-electron chi connectivity index (χ2n) is 5.23. The Kier molecular flexibility index (Phi) is 4.33. The number of oxazole rings is 1. The Labute approximate surface area is 137 Å². The third-order valence-corrected chi connectivity index (χ3v) is 3.57. The van der Waals surface area contributed by atoms with E-state index < -0.39 is 5.97 Å². The number of nitrogens with zero attached hydrogens (tertiary/aromatic N) is 2. The van der Waals surface area contributed by atoms with Gasteiger partial charge in [-0.05, 0) is 31.1 Å². The Hall–Kier alpha value is -3.09. The van der Waals surface area contributed by atoms with Crippen molar-refractivity contribution >= 4 is 5.97 Å². The van der Waals surface area contributed by atoms with Crippen LogP contribution in [0.4, 0.5) is 0 Å². The van der Waals surface area contributed by atoms with E-state index in [4.69, 9.17) is 18.8 Å². The molecule has 0 saturated carbocycles. The molecule has 0 atom stereocenters. The molecule has 0 aliphatic rings. The highest BCUT2D eigenvalue weighted by atomic mass is 16.5. The number of aromatic carboxylic acids is 1. The summed E-state index contributed by atoms with van der Waals surface area (Å²) < 4.78 is 15.9. The van der Waals surface area contributed by atoms with Crippen LogP contribution in [-0.2, 0) is 6.42 Å². The predicted molar refractivity (Wildman–Crippen MR) is 84.1 cm³/mol. The zero-order valence-electron chi connectivity index (χ0n) is 13.3. The number of hydrogen-bond acceptors (Lipinski definition) is 6. The molecule has 0 unspecified atom stereocenters. The van der Waals surface area contributed by atoms with E-state index in [9.17, 15) is 4.79 Å². The van der Waals surface area contributed by atoms with Gasteiger partial charge in [0.25, 0.3) is 11.6 Å². The SMILES string of the molecule is Cc1oc(-c2ccccc2)nc1CCOc1noc(C(=O)O)c1C. The lowest BCUT2D eigenvalue weighted by Crippen LogP contribution is -2.04. The fraction of sp³-hybridized carbons (Fsp3) is 0.235. The molecule has 0 spiro atoms. The first-order chi connectivity index (χ1) is 11.6. The van der Waals surface area contributed by atoms with Crippen molar-refractivity contribution in [1.29, 1.82) is 0 Å². The molecule has 0 amide bonds. The number of benzene rings is 1. The van der Waals surface area contributed by atoms with E-state index in [0.717, 1.165) is 17.0 Å². The van der Waals surface area contributed by atoms with Crippen LogP contribution in [0.25, 0.3) is 11.5 Å². The van der Waals surface area contributed by atoms with Gasteiger partial charge < -0.3 is 18.8 Å². The zero-order chi connectivity index (χ0) is 17.1. The molecule has 2 heterocycles. The summed E-state index contributed by atoms with van der Waals surface area (Å²) in [6.07, 6.45) is 0.511. The molecule has 1 N–H and O–H groups in total. The van der Waals surface area contributed by atoms with Crippen LogP contribution in [0.15, 0.2) is 39.3 Å². The van der Waals surface area contributed by atoms with Crippen molar-refractivity contribution < 1.29 is 23.6 Å². The van der Waals surface area contributed by atoms with Gasteiger partial charge in [-0.3, -0.25) is 0 Å². The molecule has 7 heteroatoms. The van der Waals surface area contributed by atoms with Gasteiger partial charge in [-0.1, -0.05) is 18.2 Å². The fourth-order valence-electron chi connectivity index (χ4n) is 2.26. The monoisotopic (exact) mass is 328 g/mol. The quantitative estimate of drug-likeness (QED) is 0.741. The largest absolute Gasteiger partial charge is 0.475 e. The van der Waals surface area contributed by atoms with Crippen molar-refractivity contribution in [2.24, 2.45) is 0 Å². The average molecular weight is 328 g/mol. The summed E-state index contributed by atoms with van der Waals surface area (Å²) in [5, 5.41) is 12.5. The van der Waals surface area contributed by atoms with Crippen molar-refractivity contribution in [2.75, 3.05) is 6.61 Å². The first-order valence-electron chi connectivity index (χ1n) is 7.40. The van der Waals surface area contributed by atoms with Gasteiger partial charge >= 0.3 is 5.97 Å². The molecular weight excluding hydrogens is 312 g/mol. The molecular formula is C17H16N2O5. The van der Waals surface area contributed by atoms with Gasteiger partial charge in [0, 0.05) is 12.0 Å². The van der Waals surface area contributed by atoms with Crippen LogP contribution in [0.1, 0.15) is 27.6 Å². The van der Waals surface area contributed by atoms with E-state index in [1.165, 1.54) is 0 Å². The first-order valence-corrected chi connectivity index (χ1v) is 7.40. The van der Waals surface area contributed by atoms with Crippen LogP contribution in [0.5, 0.6) is 5.88 Å². The molecule has 2 aromatic heterocycles. The van der Waals surface area contributed by atoms with Crippen LogP contribution < -0.4 is 4.74 Å². The molecule has 0 radical (unpaired) electrons. The average Bonchev–Trinajstić information content (AvgIpc) is 3.12. The second kappa shape index (κ2) is 6.57. The molecule has 24 heavy (non-hydrogen) atoms. The Bertz CT molecular complexity index is 851. The molecule has 3 rings (SSSR count). The van der Waals surface area contributed by atoms with Gasteiger partial charge in [-0.15, -0.1) is 0 Å². The van der Waals surface area contributed by atoms with Crippen LogP contribution in [0, 0.1) is 13.8 Å². The molecule has 7 nitrogen and oxygen atoms in total. The highest BCUT2D eigenvalue weighted by Crippen LogP contribution is 2.23. The third kappa shape index (κ3) is 3.15. The summed E-state index contributed by atoms with van der Waals surface area (Å²) in [4.78, 5) is 15.4. The van der Waals surface area contributed by atoms with E-state index >= 15 is 0 Å². The Morgan fingerprint density at radius 2 is 2.00 bits per heavy atom. The number of carbonyl (C=O) groups is 1. The highest BCUT2D eigenvalue weighted by Gasteiger charge is 2.19. The maximum atomic E-state index is 10.9. The summed E-state index contributed by atoms with van der Waals surface area (Å²) in [5.74, 6) is 0.0787. The van der Waals surface area contributed by atoms with Crippen LogP contribution in [-0.4, -0.2) is 27.8 Å². The minimum Gasteiger partial charge on any atom is -0.475 e. The zero-order valence-corrected chi connectivity index (χ0v) is 13.3. The molecule has 0 bridgehead atoms. The van der Waals surface area contributed by atoms with E-state index in [1.54, 1.807) is 6.92 Å². The van der Waals surface area contributed by atoms with Crippen molar-refractivity contribution in [3.05, 3.63) is 53.1 Å². The van der Waals surface area contributed by atoms with Crippen LogP contribution >= 0.6 is 0 Å². The lowest BCUT2D eigenvalue weighted by molar-refractivity contribution is 0.0650. The number of hydrogen-bond donors (Lipinski definition) is 1. The number of carboxylic acids is 1. The van der Waals surface area contributed by atoms with Gasteiger partial charge in [0.15, 0.2) is 0 Å². The van der Waals surface area contributed by atoms with Gasteiger partial charge in [0.05, 0.1) is 17.9 Å². The standard InChI is InChI=1S/C17H16N2O5/c1-10-14(17(20)21)24-19-15(10)22-9-8-13-11(2)23-16(18-13)12-6-4-3-5-7-12/h3-7H,8-9H2,1-2H3,(H,20,21). The fourth-order valence-corrected chi connectivity index (χ4v) is 2.26. The first kappa shape index (κ1) is 15.8. The smallest absolute Gasteiger partial charge is 0.375 e. The topological polar surface area (TPSA) is 98.6 Å². The number of carboxylic acid groups (broad SMARTS) is 1. The van der Waals surface area contributed by atoms with Crippen molar-refractivity contribution in [3.8, 4) is 17.3 Å². The molecule has 124 valence electrons. The number of aromatic nitrogens is 2. The Morgan fingerprint density at radius 3 is 2.67 bits per heavy atom. The van der Waals surface area contributed by atoms with Gasteiger partial charge in [0.1, 0.15) is 5.76 Å². The maximum Gasteiger partial charge on any atom is 0.375 e. The summed E-state index contributed by atoms with van der Waals surface area (Å²) in [6, 6.07) is 9.63. The lowest BCUT2D eigenvalue weighted by Gasteiger charge is -2.01. The number of rotatable bonds is 6. The van der Waals surface area contributed by atoms with E-state index in [1.807, 2.05) is 37.3 Å². The number of ether oxygens (including phenoxy) is 1. The third-order valence-electron chi connectivity index (χ3n) is 3.57. The predicted octanol–water partition coefficient (Wildman–Crippen LogP) is 3.27. The normalized spacial score (nSPS) is 10.8. The minimum absolute atomic E-state index is 0.178. The van der Waals surface area contributed by atoms with Gasteiger partial charge in [-0.25, -0.2) is 9.78 Å². The van der Waals surface area contributed by atoms with Gasteiger partial charge in [-0.2, -0.15) is 0 Å². The van der Waals surface area contributed by atoms with Crippen molar-refractivity contribution in [3.63, 3.8) is 0 Å². The van der Waals surface area contributed by atoms with Crippen molar-refractivity contribution in [1.82, 2.24) is 10.1 Å².